The Morgan fingerprint density at radius 3 is 2.72 bits per heavy atom. The number of hydrogen-bond acceptors (Lipinski definition) is 7. The van der Waals surface area contributed by atoms with Gasteiger partial charge in [0.25, 0.3) is 11.8 Å². The summed E-state index contributed by atoms with van der Waals surface area (Å²) in [7, 11) is 13.0. The van der Waals surface area contributed by atoms with Crippen molar-refractivity contribution in [3.05, 3.63) is 53.5 Å². The molecule has 1 aromatic carbocycles. The maximum absolute atomic E-state index is 13.9. The number of nitrogens with zero attached hydrogens (tertiary/aromatic N) is 2. The Balaban J connectivity index is 1.48. The third kappa shape index (κ3) is 5.60. The van der Waals surface area contributed by atoms with Crippen molar-refractivity contribution in [2.24, 2.45) is 0 Å². The molecule has 188 valence electrons. The average Bonchev–Trinajstić information content (AvgIpc) is 3.11. The highest BCUT2D eigenvalue weighted by Gasteiger charge is 2.56. The molecule has 2 aliphatic heterocycles. The van der Waals surface area contributed by atoms with Gasteiger partial charge in [0.05, 0.1) is 25.8 Å². The van der Waals surface area contributed by atoms with Gasteiger partial charge >= 0.3 is 6.36 Å². The van der Waals surface area contributed by atoms with Crippen molar-refractivity contribution >= 4 is 21.6 Å². The summed E-state index contributed by atoms with van der Waals surface area (Å²) in [5.41, 5.74) is -2.63. The number of benzene rings is 1. The molecule has 1 unspecified atom stereocenters. The fraction of sp³-hybridized carbons (Fsp3) is 0.455. The fourth-order valence-corrected chi connectivity index (χ4v) is 4.28. The van der Waals surface area contributed by atoms with Crippen LogP contribution in [0.15, 0.2) is 36.4 Å². The van der Waals surface area contributed by atoms with Crippen molar-refractivity contribution in [3.8, 4) is 11.6 Å². The Bertz CT molecular complexity index is 1120. The van der Waals surface area contributed by atoms with Gasteiger partial charge in [0.1, 0.15) is 45.5 Å². The molecule has 2 atom stereocenters. The molecule has 0 bridgehead atoms. The largest absolute Gasteiger partial charge is 0.522 e. The molecule has 14 heteroatoms. The van der Waals surface area contributed by atoms with Crippen molar-refractivity contribution < 1.29 is 46.0 Å². The number of aromatic nitrogens is 1. The lowest BCUT2D eigenvalue weighted by Crippen LogP contribution is -2.53. The third-order valence-corrected chi connectivity index (χ3v) is 5.77. The fourth-order valence-electron chi connectivity index (χ4n) is 4.28. The van der Waals surface area contributed by atoms with Gasteiger partial charge in [0.15, 0.2) is 5.75 Å². The number of piperidine rings is 1. The molecule has 0 spiro atoms. The Hall–Kier alpha value is -2.83. The second-order valence-corrected chi connectivity index (χ2v) is 8.18. The van der Waals surface area contributed by atoms with Gasteiger partial charge in [-0.3, -0.25) is 9.53 Å². The smallest absolute Gasteiger partial charge is 0.486 e. The van der Waals surface area contributed by atoms with Gasteiger partial charge in [-0.1, -0.05) is 12.1 Å². The summed E-state index contributed by atoms with van der Waals surface area (Å²) in [5, 5.41) is 0. The highest BCUT2D eigenvalue weighted by atomic mass is 19.4. The van der Waals surface area contributed by atoms with E-state index in [-0.39, 0.29) is 36.8 Å². The highest BCUT2D eigenvalue weighted by molar-refractivity contribution is 6.38. The van der Waals surface area contributed by atoms with Crippen LogP contribution >= 0.6 is 0 Å². The van der Waals surface area contributed by atoms with E-state index in [1.165, 1.54) is 42.3 Å². The second kappa shape index (κ2) is 9.91. The number of amides is 1. The maximum Gasteiger partial charge on any atom is 0.522 e. The van der Waals surface area contributed by atoms with E-state index < -0.39 is 48.6 Å². The number of ether oxygens (including phenoxy) is 5. The van der Waals surface area contributed by atoms with Crippen molar-refractivity contribution in [1.82, 2.24) is 9.88 Å². The number of carbonyl (C=O) groups excluding carboxylic acids is 1. The average molecular weight is 506 g/mol. The second-order valence-electron chi connectivity index (χ2n) is 8.18. The van der Waals surface area contributed by atoms with Crippen LogP contribution in [0.4, 0.5) is 17.6 Å². The van der Waals surface area contributed by atoms with Crippen molar-refractivity contribution in [2.75, 3.05) is 33.4 Å². The zero-order valence-corrected chi connectivity index (χ0v) is 19.1. The molecule has 1 amide bonds. The van der Waals surface area contributed by atoms with Crippen LogP contribution in [-0.2, 0) is 19.8 Å². The van der Waals surface area contributed by atoms with E-state index in [1.54, 1.807) is 6.07 Å². The summed E-state index contributed by atoms with van der Waals surface area (Å²) >= 11 is 0. The first kappa shape index (κ1) is 26.2. The number of rotatable bonds is 7. The zero-order chi connectivity index (χ0) is 26.1. The van der Waals surface area contributed by atoms with Gasteiger partial charge in [-0.25, -0.2) is 9.37 Å². The van der Waals surface area contributed by atoms with E-state index in [0.29, 0.717) is 5.56 Å². The normalized spacial score (nSPS) is 23.2. The topological polar surface area (TPSA) is 79.4 Å². The summed E-state index contributed by atoms with van der Waals surface area (Å²) in [4.78, 5) is 18.8. The molecule has 1 aromatic heterocycles. The summed E-state index contributed by atoms with van der Waals surface area (Å²) in [5.74, 6) is -1.02. The summed E-state index contributed by atoms with van der Waals surface area (Å²) < 4.78 is 75.7. The third-order valence-electron chi connectivity index (χ3n) is 5.77. The van der Waals surface area contributed by atoms with Crippen LogP contribution in [0.2, 0.25) is 0 Å². The van der Waals surface area contributed by atoms with E-state index in [4.69, 9.17) is 34.6 Å². The van der Waals surface area contributed by atoms with Gasteiger partial charge < -0.3 is 23.8 Å². The molecule has 4 rings (SSSR count). The van der Waals surface area contributed by atoms with Crippen LogP contribution < -0.4 is 9.47 Å². The van der Waals surface area contributed by atoms with Crippen molar-refractivity contribution in [3.63, 3.8) is 0 Å². The molecular formula is C22H20B2F4N2O6. The molecule has 2 aliphatic rings. The van der Waals surface area contributed by atoms with Crippen LogP contribution in [0.25, 0.3) is 0 Å². The number of carbonyl (C=O) groups is 1. The summed E-state index contributed by atoms with van der Waals surface area (Å²) in [6, 6.07) is 8.50. The number of pyridine rings is 1. The summed E-state index contributed by atoms with van der Waals surface area (Å²) in [6.45, 7) is -0.954. The van der Waals surface area contributed by atoms with E-state index in [1.807, 2.05) is 0 Å². The number of alkyl halides is 3. The first-order valence-electron chi connectivity index (χ1n) is 10.8. The molecule has 8 nitrogen and oxygen atoms in total. The predicted molar refractivity (Wildman–Crippen MR) is 117 cm³/mol. The van der Waals surface area contributed by atoms with Gasteiger partial charge in [0.2, 0.25) is 0 Å². The molecule has 2 fully saturated rings. The molecule has 36 heavy (non-hydrogen) atoms. The monoisotopic (exact) mass is 506 g/mol. The van der Waals surface area contributed by atoms with Gasteiger partial charge in [0, 0.05) is 13.0 Å². The first-order chi connectivity index (χ1) is 16.9. The highest BCUT2D eigenvalue weighted by Crippen LogP contribution is 2.47. The van der Waals surface area contributed by atoms with E-state index in [2.05, 4.69) is 9.72 Å². The lowest BCUT2D eigenvalue weighted by atomic mass is 9.76. The quantitative estimate of drug-likeness (QED) is 0.324. The lowest BCUT2D eigenvalue weighted by Gasteiger charge is -2.42. The van der Waals surface area contributed by atoms with Crippen LogP contribution in [0.1, 0.15) is 22.5 Å². The van der Waals surface area contributed by atoms with E-state index in [0.717, 1.165) is 0 Å². The molecule has 3 heterocycles. The number of halogens is 4. The Labute approximate surface area is 206 Å². The summed E-state index contributed by atoms with van der Waals surface area (Å²) in [6.07, 6.45) is -5.37. The Morgan fingerprint density at radius 2 is 2.03 bits per heavy atom. The van der Waals surface area contributed by atoms with E-state index in [9.17, 15) is 22.4 Å². The number of fused-ring (bicyclic) bond motifs is 1. The standard InChI is InChI=1S/C22H20B2F4N2O6/c1-32-18-16(33-9-10-34-22(26,27)28)6-5-15(29-18)19(31)30-8-7-20(13-3-2-4-14(25)11-13)17(12-30)35-21(23,24)36-20/h2-6,11,17H,7-10,12H2,1H3/t17?,20-/m1/s1. The van der Waals surface area contributed by atoms with Crippen molar-refractivity contribution in [2.45, 2.75) is 30.1 Å². The molecule has 0 aliphatic carbocycles. The van der Waals surface area contributed by atoms with Crippen LogP contribution in [-0.4, -0.2) is 82.9 Å². The van der Waals surface area contributed by atoms with Crippen LogP contribution in [0.3, 0.4) is 0 Å². The zero-order valence-electron chi connectivity index (χ0n) is 19.1. The van der Waals surface area contributed by atoms with E-state index >= 15 is 0 Å². The molecule has 0 N–H and O–H groups in total. The molecule has 4 radical (unpaired) electrons. The number of methoxy groups -OCH3 is 1. The lowest BCUT2D eigenvalue weighted by molar-refractivity contribution is -0.325. The number of hydrogen-bond donors (Lipinski definition) is 0. The van der Waals surface area contributed by atoms with Crippen LogP contribution in [0, 0.1) is 5.82 Å². The molecule has 2 aromatic rings. The SMILES string of the molecule is [B]C1([B])OC2CN(C(=O)c3ccc(OCCOC(F)(F)F)c(OC)n3)CC[C@]2(c2cccc(F)c2)O1. The van der Waals surface area contributed by atoms with Crippen molar-refractivity contribution in [1.29, 1.82) is 0 Å². The predicted octanol–water partition coefficient (Wildman–Crippen LogP) is 2.25. The number of likely N-dealkylation sites (tertiary alicyclic amines) is 1. The van der Waals surface area contributed by atoms with Gasteiger partial charge in [-0.2, -0.15) is 0 Å². The van der Waals surface area contributed by atoms with Gasteiger partial charge in [-0.05, 0) is 29.8 Å². The minimum atomic E-state index is -4.77. The molecule has 0 saturated carbocycles. The Kier molecular flexibility index (Phi) is 7.22. The maximum atomic E-state index is 13.9. The minimum Gasteiger partial charge on any atom is -0.486 e. The molecular weight excluding hydrogens is 486 g/mol. The van der Waals surface area contributed by atoms with Gasteiger partial charge in [-0.15, -0.1) is 13.2 Å². The molecule has 2 saturated heterocycles. The van der Waals surface area contributed by atoms with Crippen LogP contribution in [0.5, 0.6) is 11.6 Å². The Morgan fingerprint density at radius 1 is 1.25 bits per heavy atom. The first-order valence-corrected chi connectivity index (χ1v) is 10.8. The minimum absolute atomic E-state index is 0.00493.